The van der Waals surface area contributed by atoms with Crippen LogP contribution >= 0.6 is 27.3 Å². The summed E-state index contributed by atoms with van der Waals surface area (Å²) in [7, 11) is 0. The van der Waals surface area contributed by atoms with Crippen molar-refractivity contribution in [2.45, 2.75) is 19.6 Å². The van der Waals surface area contributed by atoms with Gasteiger partial charge in [0.1, 0.15) is 5.82 Å². The molecule has 0 radical (unpaired) electrons. The lowest BCUT2D eigenvalue weighted by molar-refractivity contribution is -0.150. The van der Waals surface area contributed by atoms with E-state index < -0.39 is 23.8 Å². The number of hydrogen-bond donors (Lipinski definition) is 1. The Morgan fingerprint density at radius 1 is 1.42 bits per heavy atom. The second kappa shape index (κ2) is 8.75. The second-order valence-electron chi connectivity index (χ2n) is 4.88. The van der Waals surface area contributed by atoms with Crippen molar-refractivity contribution in [3.8, 4) is 0 Å². The van der Waals surface area contributed by atoms with Crippen LogP contribution in [0.2, 0.25) is 0 Å². The minimum atomic E-state index is -0.936. The first-order chi connectivity index (χ1) is 11.5. The summed E-state index contributed by atoms with van der Waals surface area (Å²) < 4.78 is 19.3. The van der Waals surface area contributed by atoms with Crippen molar-refractivity contribution in [2.75, 3.05) is 0 Å². The predicted molar refractivity (Wildman–Crippen MR) is 94.9 cm³/mol. The van der Waals surface area contributed by atoms with Gasteiger partial charge in [-0.1, -0.05) is 22.0 Å². The van der Waals surface area contributed by atoms with E-state index in [1.165, 1.54) is 36.5 Å². The van der Waals surface area contributed by atoms with Gasteiger partial charge in [-0.2, -0.15) is 0 Å². The van der Waals surface area contributed by atoms with Crippen molar-refractivity contribution < 1.29 is 18.7 Å². The van der Waals surface area contributed by atoms with Crippen LogP contribution in [0.4, 0.5) is 4.39 Å². The molecule has 0 saturated carbocycles. The molecular formula is C17H15BrFNO3S. The Hall–Kier alpha value is -1.99. The van der Waals surface area contributed by atoms with E-state index in [-0.39, 0.29) is 5.56 Å². The first-order valence-corrected chi connectivity index (χ1v) is 8.77. The Labute approximate surface area is 151 Å². The number of carbonyl (C=O) groups is 2. The van der Waals surface area contributed by atoms with Crippen LogP contribution in [0.3, 0.4) is 0 Å². The van der Waals surface area contributed by atoms with Gasteiger partial charge in [0.25, 0.3) is 5.91 Å². The van der Waals surface area contributed by atoms with Gasteiger partial charge in [-0.3, -0.25) is 4.79 Å². The first kappa shape index (κ1) is 18.4. The van der Waals surface area contributed by atoms with Crippen molar-refractivity contribution in [1.82, 2.24) is 5.32 Å². The van der Waals surface area contributed by atoms with Crippen molar-refractivity contribution in [2.24, 2.45) is 0 Å². The Bertz CT molecular complexity index is 746. The van der Waals surface area contributed by atoms with Gasteiger partial charge in [0.15, 0.2) is 6.10 Å². The molecule has 0 unspecified atom stereocenters. The lowest BCUT2D eigenvalue weighted by Crippen LogP contribution is -2.34. The van der Waals surface area contributed by atoms with Gasteiger partial charge in [0.2, 0.25) is 0 Å². The molecule has 4 nitrogen and oxygen atoms in total. The number of carbonyl (C=O) groups excluding carboxylic acids is 2. The molecule has 1 heterocycles. The highest BCUT2D eigenvalue weighted by atomic mass is 79.9. The molecule has 126 valence electrons. The molecule has 1 aromatic carbocycles. The number of benzene rings is 1. The molecule has 0 saturated heterocycles. The number of halogens is 2. The maximum absolute atomic E-state index is 13.6. The van der Waals surface area contributed by atoms with Gasteiger partial charge in [-0.25, -0.2) is 9.18 Å². The third-order valence-corrected chi connectivity index (χ3v) is 4.41. The fraction of sp³-hybridized carbons (Fsp3) is 0.176. The lowest BCUT2D eigenvalue weighted by Gasteiger charge is -2.11. The normalized spacial score (nSPS) is 12.1. The number of amides is 1. The summed E-state index contributed by atoms with van der Waals surface area (Å²) >= 11 is 4.75. The fourth-order valence-corrected chi connectivity index (χ4v) is 2.82. The van der Waals surface area contributed by atoms with E-state index in [1.54, 1.807) is 6.07 Å². The number of hydrogen-bond acceptors (Lipinski definition) is 4. The fourth-order valence-electron chi connectivity index (χ4n) is 1.80. The monoisotopic (exact) mass is 411 g/mol. The quantitative estimate of drug-likeness (QED) is 0.578. The van der Waals surface area contributed by atoms with E-state index >= 15 is 0 Å². The highest BCUT2D eigenvalue weighted by Crippen LogP contribution is 2.16. The molecule has 1 aromatic heterocycles. The van der Waals surface area contributed by atoms with Crippen molar-refractivity contribution in [3.63, 3.8) is 0 Å². The summed E-state index contributed by atoms with van der Waals surface area (Å²) in [6.45, 7) is 1.87. The second-order valence-corrected chi connectivity index (χ2v) is 6.82. The molecule has 0 aliphatic rings. The highest BCUT2D eigenvalue weighted by Gasteiger charge is 2.16. The topological polar surface area (TPSA) is 55.4 Å². The van der Waals surface area contributed by atoms with Gasteiger partial charge in [0.05, 0.1) is 6.54 Å². The minimum Gasteiger partial charge on any atom is -0.449 e. The van der Waals surface area contributed by atoms with E-state index in [0.29, 0.717) is 11.0 Å². The Morgan fingerprint density at radius 3 is 2.92 bits per heavy atom. The molecule has 7 heteroatoms. The van der Waals surface area contributed by atoms with Crippen LogP contribution in [0, 0.1) is 5.82 Å². The minimum absolute atomic E-state index is 0.246. The molecule has 24 heavy (non-hydrogen) atoms. The highest BCUT2D eigenvalue weighted by molar-refractivity contribution is 9.10. The summed E-state index contributed by atoms with van der Waals surface area (Å²) in [5, 5.41) is 4.60. The maximum Gasteiger partial charge on any atom is 0.331 e. The number of rotatable bonds is 6. The smallest absolute Gasteiger partial charge is 0.331 e. The molecule has 0 bridgehead atoms. The maximum atomic E-state index is 13.6. The van der Waals surface area contributed by atoms with Crippen molar-refractivity contribution >= 4 is 45.2 Å². The van der Waals surface area contributed by atoms with E-state index in [4.69, 9.17) is 4.74 Å². The van der Waals surface area contributed by atoms with Crippen molar-refractivity contribution in [1.29, 1.82) is 0 Å². The zero-order valence-corrected chi connectivity index (χ0v) is 15.2. The number of ether oxygens (including phenoxy) is 1. The molecule has 1 N–H and O–H groups in total. The van der Waals surface area contributed by atoms with Crippen LogP contribution < -0.4 is 5.32 Å². The van der Waals surface area contributed by atoms with Crippen LogP contribution in [0.1, 0.15) is 17.4 Å². The van der Waals surface area contributed by atoms with Crippen LogP contribution in [-0.2, 0) is 20.9 Å². The summed E-state index contributed by atoms with van der Waals surface area (Å²) in [6, 6.07) is 8.18. The first-order valence-electron chi connectivity index (χ1n) is 7.09. The van der Waals surface area contributed by atoms with Crippen LogP contribution in [0.5, 0.6) is 0 Å². The largest absolute Gasteiger partial charge is 0.449 e. The average molecular weight is 412 g/mol. The van der Waals surface area contributed by atoms with Gasteiger partial charge < -0.3 is 10.1 Å². The molecule has 0 spiro atoms. The summed E-state index contributed by atoms with van der Waals surface area (Å²) in [5.41, 5.74) is 0.246. The van der Waals surface area contributed by atoms with Crippen LogP contribution in [0.15, 0.2) is 46.3 Å². The third-order valence-electron chi connectivity index (χ3n) is 3.04. The van der Waals surface area contributed by atoms with Gasteiger partial charge in [0, 0.05) is 21.0 Å². The molecular weight excluding hydrogens is 397 g/mol. The predicted octanol–water partition coefficient (Wildman–Crippen LogP) is 3.91. The van der Waals surface area contributed by atoms with Crippen molar-refractivity contribution in [3.05, 3.63) is 62.5 Å². The molecule has 0 aliphatic carbocycles. The number of thiophene rings is 1. The van der Waals surface area contributed by atoms with E-state index in [2.05, 4.69) is 21.2 Å². The third kappa shape index (κ3) is 5.58. The molecule has 1 amide bonds. The summed E-state index contributed by atoms with van der Waals surface area (Å²) in [6.07, 6.45) is 1.46. The molecule has 2 rings (SSSR count). The zero-order chi connectivity index (χ0) is 17.5. The van der Waals surface area contributed by atoms with E-state index in [0.717, 1.165) is 11.0 Å². The Balaban J connectivity index is 1.85. The standard InChI is InChI=1S/C17H15BrFNO3S/c1-11(17(22)20-10-14-3-2-8-24-14)23-16(21)7-4-12-9-13(18)5-6-15(12)19/h2-9,11H,10H2,1H3,(H,20,22)/b7-4+/t11-/m1/s1. The number of nitrogens with one attached hydrogen (secondary N) is 1. The Kier molecular flexibility index (Phi) is 6.69. The average Bonchev–Trinajstić information content (AvgIpc) is 3.06. The zero-order valence-electron chi connectivity index (χ0n) is 12.8. The SMILES string of the molecule is C[C@@H](OC(=O)/C=C/c1cc(Br)ccc1F)C(=O)NCc1cccs1. The lowest BCUT2D eigenvalue weighted by atomic mass is 10.2. The molecule has 2 aromatic rings. The van der Waals surface area contributed by atoms with E-state index in [1.807, 2.05) is 17.5 Å². The summed E-state index contributed by atoms with van der Waals surface area (Å²) in [4.78, 5) is 24.6. The van der Waals surface area contributed by atoms with Gasteiger partial charge in [-0.05, 0) is 42.6 Å². The molecule has 0 aliphatic heterocycles. The Morgan fingerprint density at radius 2 is 2.21 bits per heavy atom. The van der Waals surface area contributed by atoms with Gasteiger partial charge in [-0.15, -0.1) is 11.3 Å². The number of esters is 1. The van der Waals surface area contributed by atoms with Gasteiger partial charge >= 0.3 is 5.97 Å². The molecule has 1 atom stereocenters. The van der Waals surface area contributed by atoms with E-state index in [9.17, 15) is 14.0 Å². The van der Waals surface area contributed by atoms with Crippen LogP contribution in [0.25, 0.3) is 6.08 Å². The molecule has 0 fully saturated rings. The summed E-state index contributed by atoms with van der Waals surface area (Å²) in [5.74, 6) is -1.56. The van der Waals surface area contributed by atoms with Crippen LogP contribution in [-0.4, -0.2) is 18.0 Å².